The first-order valence-electron chi connectivity index (χ1n) is 5.64. The molecular weight excluding hydrogens is 300 g/mol. The summed E-state index contributed by atoms with van der Waals surface area (Å²) in [6, 6.07) is 2.90. The summed E-state index contributed by atoms with van der Waals surface area (Å²) in [6.07, 6.45) is 0. The van der Waals surface area contributed by atoms with Gasteiger partial charge in [-0.3, -0.25) is 14.9 Å². The standard InChI is InChI=1S/C10H10N6O4S/c1-6-3-4-7(16(18)19)9(11-6)21-10-12-13-14-15(10)5-8(17)20-2/h3-4H,5H2,1-2H3. The molecule has 0 spiro atoms. The van der Waals surface area contributed by atoms with Gasteiger partial charge in [-0.15, -0.1) is 5.10 Å². The van der Waals surface area contributed by atoms with Crippen LogP contribution in [-0.2, 0) is 16.1 Å². The molecule has 0 N–H and O–H groups in total. The van der Waals surface area contributed by atoms with Crippen molar-refractivity contribution in [2.45, 2.75) is 23.7 Å². The van der Waals surface area contributed by atoms with Gasteiger partial charge in [-0.25, -0.2) is 9.67 Å². The van der Waals surface area contributed by atoms with Crippen molar-refractivity contribution in [1.82, 2.24) is 25.2 Å². The van der Waals surface area contributed by atoms with Crippen molar-refractivity contribution in [3.05, 3.63) is 27.9 Å². The lowest BCUT2D eigenvalue weighted by Gasteiger charge is -2.04. The molecule has 0 aromatic carbocycles. The van der Waals surface area contributed by atoms with Gasteiger partial charge in [-0.1, -0.05) is 0 Å². The van der Waals surface area contributed by atoms with Crippen LogP contribution in [0.25, 0.3) is 0 Å². The van der Waals surface area contributed by atoms with Crippen LogP contribution in [-0.4, -0.2) is 43.2 Å². The topological polar surface area (TPSA) is 126 Å². The van der Waals surface area contributed by atoms with Gasteiger partial charge in [-0.2, -0.15) is 0 Å². The fourth-order valence-electron chi connectivity index (χ4n) is 1.38. The maximum Gasteiger partial charge on any atom is 0.327 e. The maximum absolute atomic E-state index is 11.2. The molecule has 21 heavy (non-hydrogen) atoms. The summed E-state index contributed by atoms with van der Waals surface area (Å²) in [6.45, 7) is 1.52. The van der Waals surface area contributed by atoms with E-state index in [1.807, 2.05) is 0 Å². The van der Waals surface area contributed by atoms with Gasteiger partial charge in [0.05, 0.1) is 12.0 Å². The van der Waals surface area contributed by atoms with Gasteiger partial charge < -0.3 is 4.74 Å². The van der Waals surface area contributed by atoms with E-state index in [0.29, 0.717) is 5.69 Å². The van der Waals surface area contributed by atoms with E-state index >= 15 is 0 Å². The predicted molar refractivity (Wildman–Crippen MR) is 69.6 cm³/mol. The second-order valence-corrected chi connectivity index (χ2v) is 4.79. The lowest BCUT2D eigenvalue weighted by Crippen LogP contribution is -2.13. The third kappa shape index (κ3) is 3.51. The van der Waals surface area contributed by atoms with Crippen LogP contribution in [0, 0.1) is 17.0 Å². The molecule has 2 aromatic rings. The van der Waals surface area contributed by atoms with Gasteiger partial charge in [0.25, 0.3) is 0 Å². The third-order valence-corrected chi connectivity index (χ3v) is 3.34. The van der Waals surface area contributed by atoms with Gasteiger partial charge in [0.15, 0.2) is 5.03 Å². The van der Waals surface area contributed by atoms with Crippen molar-refractivity contribution in [2.24, 2.45) is 0 Å². The molecule has 0 aliphatic carbocycles. The van der Waals surface area contributed by atoms with E-state index in [4.69, 9.17) is 0 Å². The number of hydrogen-bond donors (Lipinski definition) is 0. The Balaban J connectivity index is 2.30. The Morgan fingerprint density at radius 1 is 1.52 bits per heavy atom. The van der Waals surface area contributed by atoms with Crippen LogP contribution in [0.15, 0.2) is 22.3 Å². The summed E-state index contributed by atoms with van der Waals surface area (Å²) in [7, 11) is 1.24. The van der Waals surface area contributed by atoms with Gasteiger partial charge in [0.1, 0.15) is 6.54 Å². The summed E-state index contributed by atoms with van der Waals surface area (Å²) in [4.78, 5) is 25.8. The molecule has 10 nitrogen and oxygen atoms in total. The minimum absolute atomic E-state index is 0.154. The fourth-order valence-corrected chi connectivity index (χ4v) is 2.28. The normalized spacial score (nSPS) is 10.4. The van der Waals surface area contributed by atoms with Crippen molar-refractivity contribution in [2.75, 3.05) is 7.11 Å². The molecule has 2 rings (SSSR count). The number of aryl methyl sites for hydroxylation is 1. The van der Waals surface area contributed by atoms with Crippen LogP contribution < -0.4 is 0 Å². The molecule has 0 bridgehead atoms. The van der Waals surface area contributed by atoms with Crippen molar-refractivity contribution in [1.29, 1.82) is 0 Å². The van der Waals surface area contributed by atoms with Crippen LogP contribution in [0.4, 0.5) is 5.69 Å². The van der Waals surface area contributed by atoms with E-state index < -0.39 is 10.9 Å². The highest BCUT2D eigenvalue weighted by molar-refractivity contribution is 7.99. The molecule has 2 aromatic heterocycles. The summed E-state index contributed by atoms with van der Waals surface area (Å²) in [5, 5.41) is 22.1. The first kappa shape index (κ1) is 14.8. The Morgan fingerprint density at radius 2 is 2.29 bits per heavy atom. The second kappa shape index (κ2) is 6.26. The maximum atomic E-state index is 11.2. The largest absolute Gasteiger partial charge is 0.468 e. The van der Waals surface area contributed by atoms with E-state index in [-0.39, 0.29) is 22.4 Å². The SMILES string of the molecule is COC(=O)Cn1nnnc1Sc1nc(C)ccc1[N+](=O)[O-]. The first-order valence-corrected chi connectivity index (χ1v) is 6.45. The smallest absolute Gasteiger partial charge is 0.327 e. The highest BCUT2D eigenvalue weighted by Crippen LogP contribution is 2.31. The van der Waals surface area contributed by atoms with Gasteiger partial charge in [0, 0.05) is 11.8 Å². The third-order valence-electron chi connectivity index (χ3n) is 2.37. The van der Waals surface area contributed by atoms with Crippen molar-refractivity contribution >= 4 is 23.4 Å². The molecule has 11 heteroatoms. The Labute approximate surface area is 122 Å². The number of methoxy groups -OCH3 is 1. The highest BCUT2D eigenvalue weighted by atomic mass is 32.2. The number of nitrogens with zero attached hydrogens (tertiary/aromatic N) is 6. The number of carbonyl (C=O) groups excluding carboxylic acids is 1. The van der Waals surface area contributed by atoms with Crippen molar-refractivity contribution in [3.8, 4) is 0 Å². The molecule has 0 radical (unpaired) electrons. The molecular formula is C10H10N6O4S. The summed E-state index contributed by atoms with van der Waals surface area (Å²) in [5.41, 5.74) is 0.466. The van der Waals surface area contributed by atoms with E-state index in [9.17, 15) is 14.9 Å². The zero-order valence-electron chi connectivity index (χ0n) is 11.1. The minimum Gasteiger partial charge on any atom is -0.468 e. The molecule has 0 saturated carbocycles. The number of pyridine rings is 1. The summed E-state index contributed by atoms with van der Waals surface area (Å²) >= 11 is 0.909. The van der Waals surface area contributed by atoms with Crippen LogP contribution in [0.1, 0.15) is 5.69 Å². The zero-order valence-corrected chi connectivity index (χ0v) is 11.9. The van der Waals surface area contributed by atoms with Crippen molar-refractivity contribution < 1.29 is 14.5 Å². The van der Waals surface area contributed by atoms with E-state index in [1.54, 1.807) is 13.0 Å². The number of aromatic nitrogens is 5. The lowest BCUT2D eigenvalue weighted by molar-refractivity contribution is -0.388. The molecule has 0 aliphatic heterocycles. The van der Waals surface area contributed by atoms with Crippen LogP contribution in [0.2, 0.25) is 0 Å². The quantitative estimate of drug-likeness (QED) is 0.443. The Hall–Kier alpha value is -2.56. The number of carbonyl (C=O) groups is 1. The molecule has 0 saturated heterocycles. The average molecular weight is 310 g/mol. The Morgan fingerprint density at radius 3 is 2.95 bits per heavy atom. The van der Waals surface area contributed by atoms with Gasteiger partial charge in [-0.05, 0) is 35.2 Å². The Bertz CT molecular complexity index is 688. The number of rotatable bonds is 5. The van der Waals surface area contributed by atoms with Crippen LogP contribution in [0.5, 0.6) is 0 Å². The minimum atomic E-state index is -0.538. The Kier molecular flexibility index (Phi) is 4.42. The number of tetrazole rings is 1. The molecule has 0 fully saturated rings. The second-order valence-electron chi connectivity index (χ2n) is 3.83. The molecule has 2 heterocycles. The monoisotopic (exact) mass is 310 g/mol. The summed E-state index contributed by atoms with van der Waals surface area (Å²) in [5.74, 6) is -0.532. The fraction of sp³-hybridized carbons (Fsp3) is 0.300. The molecule has 110 valence electrons. The lowest BCUT2D eigenvalue weighted by atomic mass is 10.3. The van der Waals surface area contributed by atoms with Gasteiger partial charge in [0.2, 0.25) is 5.16 Å². The van der Waals surface area contributed by atoms with Crippen molar-refractivity contribution in [3.63, 3.8) is 0 Å². The molecule has 0 aliphatic rings. The molecule has 0 unspecified atom stereocenters. The van der Waals surface area contributed by atoms with E-state index in [1.165, 1.54) is 17.9 Å². The molecule has 0 amide bonds. The van der Waals surface area contributed by atoms with E-state index in [0.717, 1.165) is 11.8 Å². The predicted octanol–water partition coefficient (Wildman–Crippen LogP) is 0.609. The first-order chi connectivity index (χ1) is 10.0. The van der Waals surface area contributed by atoms with Gasteiger partial charge >= 0.3 is 11.7 Å². The number of esters is 1. The van der Waals surface area contributed by atoms with E-state index in [2.05, 4.69) is 25.2 Å². The molecule has 0 atom stereocenters. The average Bonchev–Trinajstić information content (AvgIpc) is 2.85. The van der Waals surface area contributed by atoms with Crippen LogP contribution >= 0.6 is 11.8 Å². The summed E-state index contributed by atoms with van der Waals surface area (Å²) < 4.78 is 5.71. The zero-order chi connectivity index (χ0) is 15.4. The van der Waals surface area contributed by atoms with Crippen LogP contribution in [0.3, 0.4) is 0 Å². The number of ether oxygens (including phenoxy) is 1. The number of hydrogen-bond acceptors (Lipinski definition) is 9. The number of nitro groups is 1. The highest BCUT2D eigenvalue weighted by Gasteiger charge is 2.20.